The molecule has 13 nitrogen and oxygen atoms in total. The van der Waals surface area contributed by atoms with Crippen LogP contribution in [-0.4, -0.2) is 60.4 Å². The van der Waals surface area contributed by atoms with Gasteiger partial charge in [0.15, 0.2) is 0 Å². The molecule has 0 bridgehead atoms. The Hall–Kier alpha value is -5.01. The molecule has 0 saturated carbocycles. The van der Waals surface area contributed by atoms with E-state index in [0.717, 1.165) is 16.8 Å². The average Bonchev–Trinajstić information content (AvgIpc) is 3.56. The summed E-state index contributed by atoms with van der Waals surface area (Å²) >= 11 is 0. The third kappa shape index (κ3) is 7.02. The van der Waals surface area contributed by atoms with Gasteiger partial charge in [-0.25, -0.2) is 9.97 Å². The standard InChI is InChI=1S/C25H25N9O4/c26-20(23(35)36)9-18-11-29-22(31-18)13-28-16-5-1-14(2-6-16)15-3-7-17(8-4-15)33-34-25-30-12-19(32-25)10-21(27)24(37)38/h1-8,11-13,20-21H,9-10,26-27H2,(H,29,31)(H,30,32)(H,35,36)(H,37,38)/b28-13+,34-33+. The van der Waals surface area contributed by atoms with Crippen molar-refractivity contribution in [1.82, 2.24) is 19.9 Å². The molecule has 2 heterocycles. The van der Waals surface area contributed by atoms with E-state index in [1.165, 1.54) is 0 Å². The number of azo groups is 1. The van der Waals surface area contributed by atoms with E-state index in [4.69, 9.17) is 21.7 Å². The monoisotopic (exact) mass is 515 g/mol. The van der Waals surface area contributed by atoms with Crippen molar-refractivity contribution in [3.8, 4) is 11.1 Å². The topological polar surface area (TPSA) is 221 Å². The number of carbonyl (C=O) groups is 2. The number of nitrogens with two attached hydrogens (primary N) is 2. The highest BCUT2D eigenvalue weighted by molar-refractivity contribution is 5.78. The molecule has 8 N–H and O–H groups in total. The molecule has 0 aliphatic carbocycles. The Morgan fingerprint density at radius 1 is 0.789 bits per heavy atom. The molecule has 4 rings (SSSR count). The number of hydrogen-bond donors (Lipinski definition) is 6. The lowest BCUT2D eigenvalue weighted by molar-refractivity contribution is -0.139. The first-order chi connectivity index (χ1) is 18.3. The fraction of sp³-hybridized carbons (Fsp3) is 0.160. The van der Waals surface area contributed by atoms with Crippen molar-refractivity contribution in [3.05, 3.63) is 78.1 Å². The summed E-state index contributed by atoms with van der Waals surface area (Å²) in [6, 6.07) is 13.1. The molecule has 2 atom stereocenters. The molecule has 0 aliphatic heterocycles. The zero-order chi connectivity index (χ0) is 27.1. The third-order valence-corrected chi connectivity index (χ3v) is 5.42. The molecule has 194 valence electrons. The van der Waals surface area contributed by atoms with Gasteiger partial charge in [0.25, 0.3) is 0 Å². The largest absolute Gasteiger partial charge is 0.480 e. The van der Waals surface area contributed by atoms with Crippen LogP contribution in [0.1, 0.15) is 17.2 Å². The number of carboxylic acid groups (broad SMARTS) is 2. The second-order valence-electron chi connectivity index (χ2n) is 8.34. The molecule has 0 spiro atoms. The number of rotatable bonds is 11. The van der Waals surface area contributed by atoms with Gasteiger partial charge in [-0.05, 0) is 35.4 Å². The summed E-state index contributed by atoms with van der Waals surface area (Å²) in [7, 11) is 0. The fourth-order valence-corrected chi connectivity index (χ4v) is 3.38. The molecule has 0 aliphatic rings. The van der Waals surface area contributed by atoms with Crippen LogP contribution in [0.3, 0.4) is 0 Å². The van der Waals surface area contributed by atoms with Crippen molar-refractivity contribution in [2.75, 3.05) is 0 Å². The number of hydrogen-bond acceptors (Lipinski definition) is 9. The molecule has 2 aromatic carbocycles. The maximum atomic E-state index is 10.9. The minimum Gasteiger partial charge on any atom is -0.480 e. The predicted octanol–water partition coefficient (Wildman–Crippen LogP) is 2.87. The van der Waals surface area contributed by atoms with Gasteiger partial charge in [-0.2, -0.15) is 0 Å². The van der Waals surface area contributed by atoms with Gasteiger partial charge in [0.1, 0.15) is 17.9 Å². The summed E-state index contributed by atoms with van der Waals surface area (Å²) in [5, 5.41) is 26.0. The lowest BCUT2D eigenvalue weighted by atomic mass is 10.1. The third-order valence-electron chi connectivity index (χ3n) is 5.42. The van der Waals surface area contributed by atoms with Crippen LogP contribution in [0.4, 0.5) is 17.3 Å². The van der Waals surface area contributed by atoms with E-state index in [0.29, 0.717) is 22.9 Å². The molecule has 2 unspecified atom stereocenters. The predicted molar refractivity (Wildman–Crippen MR) is 139 cm³/mol. The Bertz CT molecular complexity index is 1340. The SMILES string of the molecule is NC(Cc1c[nH]c(/C=N/c2ccc(-c3ccc(/N=N/c4nc(CC(N)C(=O)O)c[nH]4)cc3)cc2)n1)C(=O)O. The molecule has 0 saturated heterocycles. The van der Waals surface area contributed by atoms with Gasteiger partial charge in [0.05, 0.1) is 29.0 Å². The first-order valence-electron chi connectivity index (χ1n) is 11.5. The minimum absolute atomic E-state index is 0.0910. The van der Waals surface area contributed by atoms with Crippen LogP contribution in [0.2, 0.25) is 0 Å². The first kappa shape index (κ1) is 26.1. The van der Waals surface area contributed by atoms with Gasteiger partial charge in [0.2, 0.25) is 5.95 Å². The second kappa shape index (κ2) is 11.8. The Morgan fingerprint density at radius 2 is 1.32 bits per heavy atom. The van der Waals surface area contributed by atoms with Crippen LogP contribution in [0.5, 0.6) is 0 Å². The highest BCUT2D eigenvalue weighted by atomic mass is 16.4. The van der Waals surface area contributed by atoms with E-state index in [2.05, 4.69) is 35.2 Å². The minimum atomic E-state index is -1.09. The van der Waals surface area contributed by atoms with Gasteiger partial charge in [-0.3, -0.25) is 14.6 Å². The average molecular weight is 516 g/mol. The number of aliphatic carboxylic acids is 2. The number of carboxylic acids is 2. The van der Waals surface area contributed by atoms with Crippen LogP contribution in [-0.2, 0) is 22.4 Å². The second-order valence-corrected chi connectivity index (χ2v) is 8.34. The molecule has 38 heavy (non-hydrogen) atoms. The Balaban J connectivity index is 1.34. The highest BCUT2D eigenvalue weighted by Crippen LogP contribution is 2.25. The van der Waals surface area contributed by atoms with Gasteiger partial charge in [-0.1, -0.05) is 24.3 Å². The van der Waals surface area contributed by atoms with Gasteiger partial charge >= 0.3 is 11.9 Å². The summed E-state index contributed by atoms with van der Waals surface area (Å²) in [4.78, 5) is 40.4. The summed E-state index contributed by atoms with van der Waals surface area (Å²) < 4.78 is 0. The highest BCUT2D eigenvalue weighted by Gasteiger charge is 2.15. The van der Waals surface area contributed by atoms with E-state index in [9.17, 15) is 9.59 Å². The molecule has 0 fully saturated rings. The van der Waals surface area contributed by atoms with Crippen molar-refractivity contribution in [3.63, 3.8) is 0 Å². The van der Waals surface area contributed by atoms with Crippen molar-refractivity contribution < 1.29 is 19.8 Å². The number of aromatic nitrogens is 4. The fourth-order valence-electron chi connectivity index (χ4n) is 3.38. The van der Waals surface area contributed by atoms with Crippen LogP contribution >= 0.6 is 0 Å². The zero-order valence-corrected chi connectivity index (χ0v) is 20.0. The summed E-state index contributed by atoms with van der Waals surface area (Å²) in [5.41, 5.74) is 15.4. The Morgan fingerprint density at radius 3 is 1.89 bits per heavy atom. The van der Waals surface area contributed by atoms with Crippen molar-refractivity contribution in [1.29, 1.82) is 0 Å². The molecule has 13 heteroatoms. The Labute approximate surface area is 216 Å². The van der Waals surface area contributed by atoms with Crippen LogP contribution in [0, 0.1) is 0 Å². The van der Waals surface area contributed by atoms with Gasteiger partial charge < -0.3 is 31.6 Å². The molecular weight excluding hydrogens is 490 g/mol. The van der Waals surface area contributed by atoms with Crippen molar-refractivity contribution in [2.24, 2.45) is 26.7 Å². The number of benzene rings is 2. The summed E-state index contributed by atoms with van der Waals surface area (Å²) in [6.07, 6.45) is 4.95. The first-order valence-corrected chi connectivity index (χ1v) is 11.5. The van der Waals surface area contributed by atoms with Gasteiger partial charge in [0, 0.05) is 25.2 Å². The molecule has 0 radical (unpaired) electrons. The molecular formula is C25H25N9O4. The lowest BCUT2D eigenvalue weighted by Crippen LogP contribution is -2.32. The normalized spacial score (nSPS) is 13.2. The smallest absolute Gasteiger partial charge is 0.320 e. The van der Waals surface area contributed by atoms with Crippen LogP contribution in [0.15, 0.2) is 76.1 Å². The van der Waals surface area contributed by atoms with E-state index < -0.39 is 24.0 Å². The molecule has 0 amide bonds. The zero-order valence-electron chi connectivity index (χ0n) is 20.0. The van der Waals surface area contributed by atoms with Crippen LogP contribution in [0.25, 0.3) is 11.1 Å². The quantitative estimate of drug-likeness (QED) is 0.128. The summed E-state index contributed by atoms with van der Waals surface area (Å²) in [5.74, 6) is -1.41. The summed E-state index contributed by atoms with van der Waals surface area (Å²) in [6.45, 7) is 0. The van der Waals surface area contributed by atoms with E-state index in [1.54, 1.807) is 18.6 Å². The van der Waals surface area contributed by atoms with E-state index in [-0.39, 0.29) is 18.8 Å². The molecule has 4 aromatic rings. The maximum Gasteiger partial charge on any atom is 0.320 e. The molecule has 2 aromatic heterocycles. The number of H-pyrrole nitrogens is 2. The van der Waals surface area contributed by atoms with Crippen molar-refractivity contribution >= 4 is 35.5 Å². The number of aliphatic imine (C=N–C) groups is 1. The van der Waals surface area contributed by atoms with Crippen LogP contribution < -0.4 is 11.5 Å². The van der Waals surface area contributed by atoms with Crippen molar-refractivity contribution in [2.45, 2.75) is 24.9 Å². The number of imidazole rings is 2. The van der Waals surface area contributed by atoms with E-state index >= 15 is 0 Å². The number of nitrogens with one attached hydrogen (secondary N) is 2. The maximum absolute atomic E-state index is 10.9. The van der Waals surface area contributed by atoms with Gasteiger partial charge in [-0.15, -0.1) is 10.2 Å². The van der Waals surface area contributed by atoms with E-state index in [1.807, 2.05) is 48.5 Å². The Kier molecular flexibility index (Phi) is 8.10. The number of aromatic amines is 2. The lowest BCUT2D eigenvalue weighted by Gasteiger charge is -2.02. The number of nitrogens with zero attached hydrogens (tertiary/aromatic N) is 5.